The number of para-hydroxylation sites is 2. The fourth-order valence-corrected chi connectivity index (χ4v) is 11.0. The lowest BCUT2D eigenvalue weighted by molar-refractivity contribution is 0.589. The van der Waals surface area contributed by atoms with Crippen LogP contribution in [0.5, 0.6) is 0 Å². The van der Waals surface area contributed by atoms with Crippen LogP contribution in [0.25, 0.3) is 33.1 Å². The van der Waals surface area contributed by atoms with E-state index in [0.29, 0.717) is 0 Å². The Hall–Kier alpha value is -6.26. The molecule has 3 heterocycles. The smallest absolute Gasteiger partial charge is 0.332 e. The largest absolute Gasteiger partial charge is 0.379 e. The molecule has 0 saturated carbocycles. The number of allylic oxidation sites excluding steroid dienone is 1. The molecule has 1 aliphatic carbocycles. The molecule has 312 valence electrons. The van der Waals surface area contributed by atoms with Gasteiger partial charge in [-0.25, -0.2) is 0 Å². The molecule has 3 aliphatic rings. The van der Waals surface area contributed by atoms with Crippen molar-refractivity contribution in [3.8, 4) is 5.69 Å². The van der Waals surface area contributed by atoms with Crippen LogP contribution in [0.3, 0.4) is 0 Å². The number of aromatic nitrogens is 1. The van der Waals surface area contributed by atoms with Crippen molar-refractivity contribution in [3.05, 3.63) is 191 Å². The minimum absolute atomic E-state index is 0.0469. The summed E-state index contributed by atoms with van der Waals surface area (Å²) in [6.45, 7) is 26.0. The Kier molecular flexibility index (Phi) is 8.41. The van der Waals surface area contributed by atoms with Crippen LogP contribution in [0.4, 0.5) is 22.7 Å². The number of hydrogen-bond acceptors (Lipinski definition) is 2. The van der Waals surface area contributed by atoms with Crippen molar-refractivity contribution in [2.45, 2.75) is 97.8 Å². The van der Waals surface area contributed by atoms with E-state index in [0.717, 1.165) is 17.1 Å². The Morgan fingerprint density at radius 1 is 0.508 bits per heavy atom. The molecule has 0 unspecified atom stereocenters. The van der Waals surface area contributed by atoms with Crippen molar-refractivity contribution in [1.82, 2.24) is 4.57 Å². The molecule has 1 aromatic heterocycles. The van der Waals surface area contributed by atoms with Gasteiger partial charge in [-0.3, -0.25) is 0 Å². The average molecular weight is 820 g/mol. The van der Waals surface area contributed by atoms with Gasteiger partial charge in [0.25, 0.3) is 0 Å². The zero-order chi connectivity index (χ0) is 44.0. The van der Waals surface area contributed by atoms with E-state index in [1.54, 1.807) is 0 Å². The van der Waals surface area contributed by atoms with Gasteiger partial charge in [-0.1, -0.05) is 161 Å². The van der Waals surface area contributed by atoms with Gasteiger partial charge in [-0.05, 0) is 127 Å². The third kappa shape index (κ3) is 5.86. The molecule has 0 radical (unpaired) electrons. The van der Waals surface area contributed by atoms with Crippen molar-refractivity contribution in [2.75, 3.05) is 9.71 Å². The van der Waals surface area contributed by atoms with E-state index in [9.17, 15) is 0 Å². The highest BCUT2D eigenvalue weighted by atomic mass is 15.1. The first kappa shape index (κ1) is 39.6. The summed E-state index contributed by atoms with van der Waals surface area (Å²) in [4.78, 5) is 5.17. The van der Waals surface area contributed by atoms with Crippen LogP contribution in [0, 0.1) is 0 Å². The zero-order valence-electron chi connectivity index (χ0n) is 38.9. The molecule has 0 atom stereocenters. The van der Waals surface area contributed by atoms with Gasteiger partial charge in [0.15, 0.2) is 0 Å². The fourth-order valence-electron chi connectivity index (χ4n) is 11.0. The van der Waals surface area contributed by atoms with E-state index < -0.39 is 0 Å². The van der Waals surface area contributed by atoms with E-state index in [4.69, 9.17) is 0 Å². The van der Waals surface area contributed by atoms with Crippen LogP contribution >= 0.6 is 0 Å². The van der Waals surface area contributed by atoms with E-state index in [1.807, 2.05) is 0 Å². The highest BCUT2D eigenvalue weighted by molar-refractivity contribution is 6.92. The standard InChI is InChI=1S/C59H58BN3/c1-56(2,3)37-26-28-42(29-27-37)63-55-52(44-24-18-19-25-48(44)59(55,10)11)47-33-39(58(7,8)9)35-51-53(47)60(63)49-34-38(57(4,5)6)32-46-45-36-43(30-31-50(45)62(51)54(46)49)61(40-20-14-12-15-21-40)41-22-16-13-17-23-41/h12-36H,1-11H3. The number of nitrogens with zero attached hydrogens (tertiary/aromatic N) is 3. The van der Waals surface area contributed by atoms with E-state index in [-0.39, 0.29) is 28.5 Å². The highest BCUT2D eigenvalue weighted by Gasteiger charge is 2.52. The summed E-state index contributed by atoms with van der Waals surface area (Å²) in [6, 6.07) is 57.7. The van der Waals surface area contributed by atoms with Crippen LogP contribution in [-0.2, 0) is 21.7 Å². The molecule has 4 heteroatoms. The maximum Gasteiger partial charge on any atom is 0.332 e. The molecular formula is C59H58BN3. The van der Waals surface area contributed by atoms with E-state index >= 15 is 0 Å². The summed E-state index contributed by atoms with van der Waals surface area (Å²) in [6.07, 6.45) is 0. The van der Waals surface area contributed by atoms with Gasteiger partial charge in [0, 0.05) is 55.9 Å². The van der Waals surface area contributed by atoms with Gasteiger partial charge in [-0.2, -0.15) is 0 Å². The quantitative estimate of drug-likeness (QED) is 0.164. The molecule has 63 heavy (non-hydrogen) atoms. The van der Waals surface area contributed by atoms with E-state index in [2.05, 4.69) is 242 Å². The first-order chi connectivity index (χ1) is 29.9. The third-order valence-electron chi connectivity index (χ3n) is 14.3. The number of fused-ring (bicyclic) bond motifs is 8. The molecule has 0 fully saturated rings. The highest BCUT2D eigenvalue weighted by Crippen LogP contribution is 2.54. The Labute approximate surface area is 374 Å². The molecule has 0 N–H and O–H groups in total. The summed E-state index contributed by atoms with van der Waals surface area (Å²) >= 11 is 0. The van der Waals surface area contributed by atoms with Crippen LogP contribution in [0.1, 0.15) is 110 Å². The fraction of sp³-hybridized carbons (Fsp3) is 0.254. The monoisotopic (exact) mass is 819 g/mol. The topological polar surface area (TPSA) is 11.4 Å². The van der Waals surface area contributed by atoms with Crippen molar-refractivity contribution in [1.29, 1.82) is 0 Å². The summed E-state index contributed by atoms with van der Waals surface area (Å²) < 4.78 is 2.65. The Bertz CT molecular complexity index is 3140. The predicted octanol–water partition coefficient (Wildman–Crippen LogP) is 14.1. The first-order valence-corrected chi connectivity index (χ1v) is 22.9. The molecule has 3 nitrogen and oxygen atoms in total. The molecule has 2 aliphatic heterocycles. The van der Waals surface area contributed by atoms with Crippen molar-refractivity contribution in [3.63, 3.8) is 0 Å². The Balaban J connectivity index is 1.29. The zero-order valence-corrected chi connectivity index (χ0v) is 38.9. The lowest BCUT2D eigenvalue weighted by atomic mass is 9.43. The normalized spacial score (nSPS) is 15.2. The van der Waals surface area contributed by atoms with Crippen LogP contribution in [0.2, 0.25) is 0 Å². The van der Waals surface area contributed by atoms with Crippen molar-refractivity contribution >= 4 is 67.9 Å². The van der Waals surface area contributed by atoms with Gasteiger partial charge in [0.1, 0.15) is 0 Å². The minimum atomic E-state index is -0.248. The summed E-state index contributed by atoms with van der Waals surface area (Å²) in [5.41, 5.74) is 21.8. The molecular weight excluding hydrogens is 761 g/mol. The minimum Gasteiger partial charge on any atom is -0.379 e. The van der Waals surface area contributed by atoms with Gasteiger partial charge in [0.2, 0.25) is 0 Å². The maximum absolute atomic E-state index is 2.77. The lowest BCUT2D eigenvalue weighted by Crippen LogP contribution is -2.64. The molecule has 8 aromatic rings. The molecule has 11 rings (SSSR count). The van der Waals surface area contributed by atoms with Crippen LogP contribution < -0.4 is 20.6 Å². The summed E-state index contributed by atoms with van der Waals surface area (Å²) in [5, 5.41) is 2.58. The predicted molar refractivity (Wildman–Crippen MR) is 271 cm³/mol. The first-order valence-electron chi connectivity index (χ1n) is 22.9. The second-order valence-electron chi connectivity index (χ2n) is 21.9. The summed E-state index contributed by atoms with van der Waals surface area (Å²) in [5.74, 6) is 0. The van der Waals surface area contributed by atoms with Gasteiger partial charge in [0.05, 0.1) is 11.0 Å². The molecule has 0 bridgehead atoms. The van der Waals surface area contributed by atoms with Gasteiger partial charge in [-0.15, -0.1) is 0 Å². The molecule has 0 amide bonds. The van der Waals surface area contributed by atoms with Crippen LogP contribution in [-0.4, -0.2) is 11.4 Å². The van der Waals surface area contributed by atoms with Crippen molar-refractivity contribution in [2.24, 2.45) is 0 Å². The molecule has 7 aromatic carbocycles. The molecule has 0 spiro atoms. The second-order valence-corrected chi connectivity index (χ2v) is 21.9. The number of rotatable bonds is 4. The maximum atomic E-state index is 2.77. The summed E-state index contributed by atoms with van der Waals surface area (Å²) in [7, 11) is 0. The second kappa shape index (κ2) is 13.4. The number of benzene rings is 7. The average Bonchev–Trinajstić information content (AvgIpc) is 3.71. The molecule has 0 saturated heterocycles. The van der Waals surface area contributed by atoms with Gasteiger partial charge >= 0.3 is 6.85 Å². The lowest BCUT2D eigenvalue weighted by Gasteiger charge is -2.46. The van der Waals surface area contributed by atoms with E-state index in [1.165, 1.54) is 88.8 Å². The SMILES string of the molecule is CC(C)(C)c1ccc(N2B3c4c(cc(C(C)(C)C)cc4-n4c5ccc(N(c6ccccc6)c6ccccc6)cc5c5cc(C(C)(C)C)cc3c54)C3=C2C(C)(C)c2ccccc23)cc1. The van der Waals surface area contributed by atoms with Crippen molar-refractivity contribution < 1.29 is 0 Å². The third-order valence-corrected chi connectivity index (χ3v) is 14.3. The Morgan fingerprint density at radius 3 is 1.71 bits per heavy atom. The van der Waals surface area contributed by atoms with Crippen LogP contribution in [0.15, 0.2) is 157 Å². The number of hydrogen-bond donors (Lipinski definition) is 0. The Morgan fingerprint density at radius 2 is 1.10 bits per heavy atom. The number of anilines is 4. The van der Waals surface area contributed by atoms with Gasteiger partial charge < -0.3 is 14.3 Å².